The highest BCUT2D eigenvalue weighted by Crippen LogP contribution is 2.64. The van der Waals surface area contributed by atoms with Crippen molar-refractivity contribution in [1.82, 2.24) is 0 Å². The summed E-state index contributed by atoms with van der Waals surface area (Å²) in [6.45, 7) is 1.27. The summed E-state index contributed by atoms with van der Waals surface area (Å²) in [6, 6.07) is 0. The first-order chi connectivity index (χ1) is 13.9. The van der Waals surface area contributed by atoms with E-state index in [1.807, 2.05) is 0 Å². The number of rotatable bonds is 13. The van der Waals surface area contributed by atoms with Crippen molar-refractivity contribution in [2.45, 2.75) is 73.1 Å². The molecular weight excluding hydrogens is 500 g/mol. The van der Waals surface area contributed by atoms with Crippen LogP contribution in [0.25, 0.3) is 0 Å². The first kappa shape index (κ1) is 30.6. The highest BCUT2D eigenvalue weighted by atomic mass is 19.4. The van der Waals surface area contributed by atoms with Gasteiger partial charge in [-0.1, -0.05) is 6.08 Å². The molecule has 0 amide bonds. The molecular formula is C15H14F16O. The highest BCUT2D eigenvalue weighted by Gasteiger charge is 2.94. The predicted octanol–water partition coefficient (Wildman–Crippen LogP) is 6.81. The average Bonchev–Trinajstić information content (AvgIpc) is 2.63. The van der Waals surface area contributed by atoms with Gasteiger partial charge in [-0.3, -0.25) is 0 Å². The molecule has 0 radical (unpaired) electrons. The lowest BCUT2D eigenvalue weighted by Crippen LogP contribution is -2.74. The van der Waals surface area contributed by atoms with E-state index in [2.05, 4.69) is 6.58 Å². The molecule has 0 heterocycles. The number of halogens is 16. The molecule has 0 aromatic heterocycles. The van der Waals surface area contributed by atoms with Gasteiger partial charge in [0.1, 0.15) is 0 Å². The molecule has 0 aliphatic carbocycles. The van der Waals surface area contributed by atoms with Gasteiger partial charge in [-0.25, -0.2) is 0 Å². The van der Waals surface area contributed by atoms with E-state index in [0.29, 0.717) is 6.08 Å². The lowest BCUT2D eigenvalue weighted by molar-refractivity contribution is -0.453. The van der Waals surface area contributed by atoms with Gasteiger partial charge in [0.05, 0.1) is 0 Å². The summed E-state index contributed by atoms with van der Waals surface area (Å²) in [5.41, 5.74) is 0. The van der Waals surface area contributed by atoms with Gasteiger partial charge in [0.25, 0.3) is 0 Å². The standard InChI is InChI=1S/C15H14F16O/c1-2-3-5-8(16,17)10(20,21)12(24,25)14(28,29)15(30,31)13(26,27)11(22,23)9(18,19)6-4-7-32/h2,32H,1,3-7H2. The van der Waals surface area contributed by atoms with Crippen molar-refractivity contribution < 1.29 is 75.4 Å². The van der Waals surface area contributed by atoms with Crippen LogP contribution in [0.2, 0.25) is 0 Å². The molecule has 0 saturated carbocycles. The van der Waals surface area contributed by atoms with Gasteiger partial charge in [-0.15, -0.1) is 6.58 Å². The molecule has 0 fully saturated rings. The van der Waals surface area contributed by atoms with Crippen LogP contribution >= 0.6 is 0 Å². The fourth-order valence-electron chi connectivity index (χ4n) is 2.15. The number of hydrogen-bond donors (Lipinski definition) is 1. The molecule has 17 heteroatoms. The summed E-state index contributed by atoms with van der Waals surface area (Å²) >= 11 is 0. The zero-order valence-corrected chi connectivity index (χ0v) is 15.3. The van der Waals surface area contributed by atoms with Gasteiger partial charge in [0.15, 0.2) is 0 Å². The van der Waals surface area contributed by atoms with Crippen molar-refractivity contribution in [1.29, 1.82) is 0 Å². The minimum atomic E-state index is -8.41. The Labute approximate surface area is 169 Å². The lowest BCUT2D eigenvalue weighted by Gasteiger charge is -2.43. The summed E-state index contributed by atoms with van der Waals surface area (Å²) in [4.78, 5) is 0. The van der Waals surface area contributed by atoms with Crippen molar-refractivity contribution in [3.8, 4) is 0 Å². The lowest BCUT2D eigenvalue weighted by atomic mass is 9.86. The first-order valence-corrected chi connectivity index (χ1v) is 8.11. The second-order valence-corrected chi connectivity index (χ2v) is 6.51. The molecule has 0 aliphatic rings. The van der Waals surface area contributed by atoms with Crippen molar-refractivity contribution in [2.24, 2.45) is 0 Å². The van der Waals surface area contributed by atoms with Crippen LogP contribution in [0.1, 0.15) is 25.7 Å². The van der Waals surface area contributed by atoms with Crippen LogP contribution in [0, 0.1) is 0 Å². The second kappa shape index (κ2) is 8.74. The van der Waals surface area contributed by atoms with Crippen molar-refractivity contribution in [3.63, 3.8) is 0 Å². The quantitative estimate of drug-likeness (QED) is 0.212. The van der Waals surface area contributed by atoms with Crippen LogP contribution in [0.4, 0.5) is 70.2 Å². The van der Waals surface area contributed by atoms with E-state index in [1.54, 1.807) is 0 Å². The molecule has 192 valence electrons. The molecule has 1 nitrogen and oxygen atoms in total. The molecule has 0 aromatic carbocycles. The third-order valence-electron chi connectivity index (χ3n) is 4.20. The Balaban J connectivity index is 6.61. The molecule has 0 bridgehead atoms. The molecule has 0 spiro atoms. The van der Waals surface area contributed by atoms with Crippen LogP contribution in [0.3, 0.4) is 0 Å². The largest absolute Gasteiger partial charge is 0.396 e. The monoisotopic (exact) mass is 514 g/mol. The summed E-state index contributed by atoms with van der Waals surface area (Å²) < 4.78 is 215. The summed E-state index contributed by atoms with van der Waals surface area (Å²) in [7, 11) is 0. The molecule has 0 aromatic rings. The maximum absolute atomic E-state index is 13.6. The normalized spacial score (nSPS) is 15.8. The smallest absolute Gasteiger partial charge is 0.384 e. The Hall–Kier alpha value is -1.42. The zero-order chi connectivity index (χ0) is 26.2. The van der Waals surface area contributed by atoms with Crippen LogP contribution in [0.5, 0.6) is 0 Å². The number of aliphatic hydroxyl groups excluding tert-OH is 1. The number of hydrogen-bond acceptors (Lipinski definition) is 1. The Kier molecular flexibility index (Phi) is 8.35. The first-order valence-electron chi connectivity index (χ1n) is 8.11. The zero-order valence-electron chi connectivity index (χ0n) is 15.3. The minimum absolute atomic E-state index is 0.373. The van der Waals surface area contributed by atoms with E-state index in [4.69, 9.17) is 5.11 Å². The van der Waals surface area contributed by atoms with E-state index >= 15 is 0 Å². The Morgan fingerprint density at radius 1 is 0.500 bits per heavy atom. The van der Waals surface area contributed by atoms with Crippen LogP contribution in [-0.4, -0.2) is 59.1 Å². The molecule has 0 atom stereocenters. The fourth-order valence-corrected chi connectivity index (χ4v) is 2.15. The third-order valence-corrected chi connectivity index (χ3v) is 4.20. The van der Waals surface area contributed by atoms with Crippen LogP contribution in [0.15, 0.2) is 12.7 Å². The van der Waals surface area contributed by atoms with Gasteiger partial charge < -0.3 is 5.11 Å². The van der Waals surface area contributed by atoms with Gasteiger partial charge in [0.2, 0.25) is 0 Å². The molecule has 0 aliphatic heterocycles. The topological polar surface area (TPSA) is 20.2 Å². The molecule has 1 N–H and O–H groups in total. The summed E-state index contributed by atoms with van der Waals surface area (Å²) in [5.74, 6) is -60.9. The summed E-state index contributed by atoms with van der Waals surface area (Å²) in [6.07, 6.45) is -7.42. The van der Waals surface area contributed by atoms with Crippen LogP contribution in [-0.2, 0) is 0 Å². The van der Waals surface area contributed by atoms with Crippen molar-refractivity contribution in [3.05, 3.63) is 12.7 Å². The average molecular weight is 514 g/mol. The Morgan fingerprint density at radius 2 is 0.781 bits per heavy atom. The van der Waals surface area contributed by atoms with Crippen molar-refractivity contribution >= 4 is 0 Å². The molecule has 0 unspecified atom stereocenters. The van der Waals surface area contributed by atoms with Gasteiger partial charge in [-0.05, 0) is 12.8 Å². The second-order valence-electron chi connectivity index (χ2n) is 6.51. The Bertz CT molecular complexity index is 654. The molecule has 0 rings (SSSR count). The summed E-state index contributed by atoms with van der Waals surface area (Å²) in [5, 5.41) is 8.23. The van der Waals surface area contributed by atoms with E-state index in [0.717, 1.165) is 0 Å². The molecule has 0 saturated heterocycles. The third kappa shape index (κ3) is 4.24. The molecule has 32 heavy (non-hydrogen) atoms. The van der Waals surface area contributed by atoms with Gasteiger partial charge in [0, 0.05) is 19.4 Å². The van der Waals surface area contributed by atoms with Crippen LogP contribution < -0.4 is 0 Å². The van der Waals surface area contributed by atoms with E-state index in [9.17, 15) is 70.2 Å². The van der Waals surface area contributed by atoms with E-state index in [1.165, 1.54) is 0 Å². The number of allylic oxidation sites excluding steroid dienone is 1. The SMILES string of the molecule is C=CCCC(F)(F)C(F)(F)C(F)(F)C(F)(F)C(F)(F)C(F)(F)C(F)(F)C(F)(F)CCCO. The Morgan fingerprint density at radius 3 is 1.06 bits per heavy atom. The maximum Gasteiger partial charge on any atom is 0.384 e. The highest BCUT2D eigenvalue weighted by molar-refractivity contribution is 5.15. The van der Waals surface area contributed by atoms with E-state index < -0.39 is 79.7 Å². The number of aliphatic hydroxyl groups is 1. The van der Waals surface area contributed by atoms with E-state index in [-0.39, 0.29) is 0 Å². The van der Waals surface area contributed by atoms with Crippen molar-refractivity contribution in [2.75, 3.05) is 6.61 Å². The van der Waals surface area contributed by atoms with Gasteiger partial charge in [-0.2, -0.15) is 70.2 Å². The van der Waals surface area contributed by atoms with Gasteiger partial charge >= 0.3 is 47.4 Å². The maximum atomic E-state index is 13.6. The minimum Gasteiger partial charge on any atom is -0.396 e. The number of alkyl halides is 16. The predicted molar refractivity (Wildman–Crippen MR) is 75.3 cm³/mol. The fraction of sp³-hybridized carbons (Fsp3) is 0.867.